The van der Waals surface area contributed by atoms with Crippen molar-refractivity contribution in [2.24, 2.45) is 0 Å². The van der Waals surface area contributed by atoms with E-state index < -0.39 is 0 Å². The Morgan fingerprint density at radius 2 is 1.85 bits per heavy atom. The molecule has 0 fully saturated rings. The van der Waals surface area contributed by atoms with Gasteiger partial charge in [0.15, 0.2) is 6.61 Å². The molecule has 0 atom stereocenters. The van der Waals surface area contributed by atoms with Gasteiger partial charge in [0, 0.05) is 24.5 Å². The molecule has 136 valence electrons. The molecule has 6 heteroatoms. The first-order valence-electron chi connectivity index (χ1n) is 8.72. The minimum Gasteiger partial charge on any atom is -0.482 e. The molecule has 0 unspecified atom stereocenters. The maximum Gasteiger partial charge on any atom is 0.264 e. The van der Waals surface area contributed by atoms with E-state index in [4.69, 9.17) is 4.74 Å². The normalized spacial score (nSPS) is 13.1. The van der Waals surface area contributed by atoms with Gasteiger partial charge in [-0.1, -0.05) is 6.07 Å². The van der Waals surface area contributed by atoms with Crippen molar-refractivity contribution in [1.29, 1.82) is 0 Å². The number of nitrogens with zero attached hydrogens (tertiary/aromatic N) is 3. The van der Waals surface area contributed by atoms with E-state index in [0.29, 0.717) is 11.7 Å². The molecule has 2 heterocycles. The Hall–Kier alpha value is -3.41. The summed E-state index contributed by atoms with van der Waals surface area (Å²) in [6.07, 6.45) is 1.72. The van der Waals surface area contributed by atoms with Gasteiger partial charge in [-0.3, -0.25) is 4.79 Å². The molecular formula is C21H20N4O2. The quantitative estimate of drug-likeness (QED) is 0.768. The number of carbonyl (C=O) groups is 1. The second-order valence-electron chi connectivity index (χ2n) is 6.69. The van der Waals surface area contributed by atoms with Gasteiger partial charge in [-0.15, -0.1) is 0 Å². The standard InChI is InChI=1S/C21H20N4O2/c1-13-8-14(2)10-16(9-13)23-21-22-7-6-17(24-21)15-4-5-19-18(11-15)25(3)20(26)12-27-19/h4-11H,12H2,1-3H3,(H,22,23,24). The summed E-state index contributed by atoms with van der Waals surface area (Å²) in [5.41, 5.74) is 5.71. The Kier molecular flexibility index (Phi) is 4.24. The maximum absolute atomic E-state index is 11.9. The van der Waals surface area contributed by atoms with Crippen LogP contribution in [0.15, 0.2) is 48.7 Å². The smallest absolute Gasteiger partial charge is 0.264 e. The third kappa shape index (κ3) is 3.46. The van der Waals surface area contributed by atoms with Crippen LogP contribution in [-0.4, -0.2) is 29.5 Å². The number of amides is 1. The van der Waals surface area contributed by atoms with Crippen LogP contribution in [0, 0.1) is 13.8 Å². The van der Waals surface area contributed by atoms with Crippen LogP contribution in [0.25, 0.3) is 11.3 Å². The number of nitrogens with one attached hydrogen (secondary N) is 1. The SMILES string of the molecule is Cc1cc(C)cc(Nc2nccc(-c3ccc4c(c3)N(C)C(=O)CO4)n2)c1. The van der Waals surface area contributed by atoms with E-state index in [1.165, 1.54) is 11.1 Å². The van der Waals surface area contributed by atoms with Gasteiger partial charge < -0.3 is 15.0 Å². The molecule has 0 spiro atoms. The molecule has 1 aliphatic rings. The summed E-state index contributed by atoms with van der Waals surface area (Å²) in [7, 11) is 1.75. The molecule has 0 saturated carbocycles. The van der Waals surface area contributed by atoms with Gasteiger partial charge >= 0.3 is 0 Å². The van der Waals surface area contributed by atoms with Crippen molar-refractivity contribution in [3.63, 3.8) is 0 Å². The molecule has 6 nitrogen and oxygen atoms in total. The Morgan fingerprint density at radius 1 is 1.07 bits per heavy atom. The molecule has 3 aromatic rings. The van der Waals surface area contributed by atoms with Crippen LogP contribution in [0.2, 0.25) is 0 Å². The summed E-state index contributed by atoms with van der Waals surface area (Å²) in [4.78, 5) is 22.4. The van der Waals surface area contributed by atoms with Crippen LogP contribution < -0.4 is 15.0 Å². The predicted molar refractivity (Wildman–Crippen MR) is 106 cm³/mol. The second-order valence-corrected chi connectivity index (χ2v) is 6.69. The molecule has 27 heavy (non-hydrogen) atoms. The first-order chi connectivity index (χ1) is 13.0. The highest BCUT2D eigenvalue weighted by atomic mass is 16.5. The lowest BCUT2D eigenvalue weighted by atomic mass is 10.1. The molecule has 4 rings (SSSR count). The first-order valence-corrected chi connectivity index (χ1v) is 8.72. The number of anilines is 3. The molecule has 1 amide bonds. The number of benzene rings is 2. The van der Waals surface area contributed by atoms with Gasteiger partial charge in [-0.2, -0.15) is 0 Å². The molecule has 1 aromatic heterocycles. The highest BCUT2D eigenvalue weighted by Crippen LogP contribution is 2.35. The lowest BCUT2D eigenvalue weighted by Gasteiger charge is -2.26. The summed E-state index contributed by atoms with van der Waals surface area (Å²) >= 11 is 0. The highest BCUT2D eigenvalue weighted by molar-refractivity contribution is 5.98. The lowest BCUT2D eigenvalue weighted by molar-refractivity contribution is -0.120. The van der Waals surface area contributed by atoms with Gasteiger partial charge in [0.1, 0.15) is 5.75 Å². The Morgan fingerprint density at radius 3 is 2.63 bits per heavy atom. The zero-order valence-electron chi connectivity index (χ0n) is 15.5. The predicted octanol–water partition coefficient (Wildman–Crippen LogP) is 3.86. The zero-order chi connectivity index (χ0) is 19.0. The number of ether oxygens (including phenoxy) is 1. The maximum atomic E-state index is 11.9. The molecule has 0 aliphatic carbocycles. The molecule has 0 radical (unpaired) electrons. The van der Waals surface area contributed by atoms with Gasteiger partial charge in [0.05, 0.1) is 11.4 Å². The van der Waals surface area contributed by atoms with Gasteiger partial charge in [0.2, 0.25) is 5.95 Å². The number of hydrogen-bond donors (Lipinski definition) is 1. The average molecular weight is 360 g/mol. The van der Waals surface area contributed by atoms with Crippen molar-refractivity contribution in [2.75, 3.05) is 23.9 Å². The molecule has 1 aliphatic heterocycles. The largest absolute Gasteiger partial charge is 0.482 e. The van der Waals surface area contributed by atoms with Crippen LogP contribution in [0.5, 0.6) is 5.75 Å². The number of carbonyl (C=O) groups excluding carboxylic acids is 1. The average Bonchev–Trinajstić information content (AvgIpc) is 2.64. The van der Waals surface area contributed by atoms with E-state index in [0.717, 1.165) is 22.6 Å². The van der Waals surface area contributed by atoms with Crippen molar-refractivity contribution in [2.45, 2.75) is 13.8 Å². The molecule has 2 aromatic carbocycles. The number of likely N-dealkylation sites (N-methyl/N-ethyl adjacent to an activating group) is 1. The van der Waals surface area contributed by atoms with Crippen LogP contribution in [0.1, 0.15) is 11.1 Å². The molecule has 0 bridgehead atoms. The van der Waals surface area contributed by atoms with Crippen molar-refractivity contribution in [3.8, 4) is 17.0 Å². The summed E-state index contributed by atoms with van der Waals surface area (Å²) in [5.74, 6) is 1.15. The number of rotatable bonds is 3. The molecule has 1 N–H and O–H groups in total. The van der Waals surface area contributed by atoms with Gasteiger partial charge in [-0.25, -0.2) is 9.97 Å². The number of fused-ring (bicyclic) bond motifs is 1. The van der Waals surface area contributed by atoms with E-state index in [2.05, 4.69) is 47.3 Å². The fraction of sp³-hybridized carbons (Fsp3) is 0.190. The van der Waals surface area contributed by atoms with E-state index in [1.807, 2.05) is 24.3 Å². The number of hydrogen-bond acceptors (Lipinski definition) is 5. The second kappa shape index (κ2) is 6.72. The van der Waals surface area contributed by atoms with Crippen LogP contribution in [-0.2, 0) is 4.79 Å². The third-order valence-electron chi connectivity index (χ3n) is 4.47. The van der Waals surface area contributed by atoms with Crippen molar-refractivity contribution in [1.82, 2.24) is 9.97 Å². The van der Waals surface area contributed by atoms with E-state index in [9.17, 15) is 4.79 Å². The summed E-state index contributed by atoms with van der Waals surface area (Å²) in [6, 6.07) is 13.8. The minimum atomic E-state index is -0.0699. The van der Waals surface area contributed by atoms with Crippen molar-refractivity contribution < 1.29 is 9.53 Å². The molecular weight excluding hydrogens is 340 g/mol. The van der Waals surface area contributed by atoms with Crippen LogP contribution in [0.3, 0.4) is 0 Å². The van der Waals surface area contributed by atoms with E-state index in [-0.39, 0.29) is 12.5 Å². The summed E-state index contributed by atoms with van der Waals surface area (Å²) < 4.78 is 5.49. The minimum absolute atomic E-state index is 0.0698. The monoisotopic (exact) mass is 360 g/mol. The third-order valence-corrected chi connectivity index (χ3v) is 4.47. The summed E-state index contributed by atoms with van der Waals surface area (Å²) in [6.45, 7) is 4.19. The fourth-order valence-corrected chi connectivity index (χ4v) is 3.19. The lowest BCUT2D eigenvalue weighted by Crippen LogP contribution is -2.35. The first kappa shape index (κ1) is 17.0. The Labute approximate surface area is 157 Å². The van der Waals surface area contributed by atoms with Crippen molar-refractivity contribution in [3.05, 3.63) is 59.8 Å². The number of aryl methyl sites for hydroxylation is 2. The highest BCUT2D eigenvalue weighted by Gasteiger charge is 2.22. The summed E-state index contributed by atoms with van der Waals surface area (Å²) in [5, 5.41) is 3.26. The van der Waals surface area contributed by atoms with E-state index in [1.54, 1.807) is 18.1 Å². The van der Waals surface area contributed by atoms with Gasteiger partial charge in [0.25, 0.3) is 5.91 Å². The Balaban J connectivity index is 1.66. The van der Waals surface area contributed by atoms with E-state index >= 15 is 0 Å². The van der Waals surface area contributed by atoms with Gasteiger partial charge in [-0.05, 0) is 61.4 Å². The topological polar surface area (TPSA) is 67.4 Å². The molecule has 0 saturated heterocycles. The van der Waals surface area contributed by atoms with Crippen molar-refractivity contribution >= 4 is 23.2 Å². The number of aromatic nitrogens is 2. The Bertz CT molecular complexity index is 1010. The zero-order valence-corrected chi connectivity index (χ0v) is 15.5. The van der Waals surface area contributed by atoms with Crippen LogP contribution in [0.4, 0.5) is 17.3 Å². The van der Waals surface area contributed by atoms with Crippen LogP contribution >= 0.6 is 0 Å². The fourth-order valence-electron chi connectivity index (χ4n) is 3.19.